The molecule has 4 rings (SSSR count). The van der Waals surface area contributed by atoms with E-state index in [1.165, 1.54) is 0 Å². The number of hydrogen-bond donors (Lipinski definition) is 1. The number of ether oxygens (including phenoxy) is 1. The molecule has 0 bridgehead atoms. The fraction of sp³-hybridized carbons (Fsp3) is 0.238. The first-order valence-electron chi connectivity index (χ1n) is 8.85. The Morgan fingerprint density at radius 2 is 2.19 bits per heavy atom. The third-order valence-corrected chi connectivity index (χ3v) is 4.77. The van der Waals surface area contributed by atoms with Crippen LogP contribution in [0.15, 0.2) is 53.8 Å². The van der Waals surface area contributed by atoms with Crippen molar-refractivity contribution < 1.29 is 9.53 Å². The number of nitrogens with one attached hydrogen (secondary N) is 1. The predicted octanol–water partition coefficient (Wildman–Crippen LogP) is 3.20. The molecule has 0 spiro atoms. The zero-order valence-corrected chi connectivity index (χ0v) is 15.2. The van der Waals surface area contributed by atoms with Crippen molar-refractivity contribution in [3.8, 4) is 5.88 Å². The summed E-state index contributed by atoms with van der Waals surface area (Å²) in [6.07, 6.45) is 4.23. The van der Waals surface area contributed by atoms with Crippen molar-refractivity contribution in [2.45, 2.75) is 19.3 Å². The lowest BCUT2D eigenvalue weighted by molar-refractivity contribution is -0.122. The Morgan fingerprint density at radius 1 is 1.30 bits per heavy atom. The summed E-state index contributed by atoms with van der Waals surface area (Å²) in [4.78, 5) is 21.1. The van der Waals surface area contributed by atoms with E-state index in [4.69, 9.17) is 4.74 Å². The third-order valence-electron chi connectivity index (χ3n) is 4.77. The molecule has 1 amide bonds. The monoisotopic (exact) mass is 360 g/mol. The van der Waals surface area contributed by atoms with Crippen LogP contribution in [-0.2, 0) is 4.79 Å². The number of hydrogen-bond acceptors (Lipinski definition) is 5. The molecule has 6 heteroatoms. The van der Waals surface area contributed by atoms with E-state index in [1.807, 2.05) is 43.3 Å². The molecule has 27 heavy (non-hydrogen) atoms. The van der Waals surface area contributed by atoms with Gasteiger partial charge in [-0.05, 0) is 48.7 Å². The van der Waals surface area contributed by atoms with Crippen molar-refractivity contribution in [2.24, 2.45) is 11.0 Å². The molecule has 1 saturated carbocycles. The second kappa shape index (κ2) is 7.15. The molecule has 2 atom stereocenters. The number of rotatable bonds is 5. The van der Waals surface area contributed by atoms with E-state index in [2.05, 4.69) is 20.5 Å². The van der Waals surface area contributed by atoms with E-state index in [0.717, 1.165) is 34.1 Å². The van der Waals surface area contributed by atoms with Crippen molar-refractivity contribution in [1.29, 1.82) is 0 Å². The number of fused-ring (bicyclic) bond motifs is 1. The van der Waals surface area contributed by atoms with Crippen molar-refractivity contribution in [1.82, 2.24) is 15.4 Å². The number of carbonyl (C=O) groups excluding carboxylic acids is 1. The van der Waals surface area contributed by atoms with Crippen LogP contribution in [0.25, 0.3) is 10.9 Å². The molecule has 1 N–H and O–H groups in total. The highest BCUT2D eigenvalue weighted by atomic mass is 16.5. The van der Waals surface area contributed by atoms with Crippen LogP contribution in [-0.4, -0.2) is 29.2 Å². The molecular weight excluding hydrogens is 340 g/mol. The Bertz CT molecular complexity index is 1030. The van der Waals surface area contributed by atoms with Crippen LogP contribution in [0.3, 0.4) is 0 Å². The van der Waals surface area contributed by atoms with Crippen LogP contribution in [0.4, 0.5) is 0 Å². The van der Waals surface area contributed by atoms with Gasteiger partial charge in [0, 0.05) is 35.2 Å². The van der Waals surface area contributed by atoms with Crippen LogP contribution in [0.1, 0.15) is 29.2 Å². The minimum Gasteiger partial charge on any atom is -0.481 e. The Morgan fingerprint density at radius 3 is 3.04 bits per heavy atom. The van der Waals surface area contributed by atoms with Crippen LogP contribution in [0, 0.1) is 12.8 Å². The van der Waals surface area contributed by atoms with Crippen molar-refractivity contribution in [2.75, 3.05) is 7.11 Å². The van der Waals surface area contributed by atoms with Crippen LogP contribution in [0.5, 0.6) is 5.88 Å². The Kier molecular flexibility index (Phi) is 4.54. The summed E-state index contributed by atoms with van der Waals surface area (Å²) in [7, 11) is 1.59. The molecule has 1 aliphatic carbocycles. The highest BCUT2D eigenvalue weighted by Gasteiger charge is 2.45. The zero-order chi connectivity index (χ0) is 18.8. The highest BCUT2D eigenvalue weighted by Crippen LogP contribution is 2.47. The summed E-state index contributed by atoms with van der Waals surface area (Å²) >= 11 is 0. The van der Waals surface area contributed by atoms with Gasteiger partial charge in [-0.3, -0.25) is 9.78 Å². The zero-order valence-electron chi connectivity index (χ0n) is 15.2. The fourth-order valence-electron chi connectivity index (χ4n) is 3.29. The van der Waals surface area contributed by atoms with Gasteiger partial charge >= 0.3 is 0 Å². The van der Waals surface area contributed by atoms with Crippen LogP contribution in [0.2, 0.25) is 0 Å². The van der Waals surface area contributed by atoms with Crippen LogP contribution < -0.4 is 10.2 Å². The van der Waals surface area contributed by atoms with Gasteiger partial charge in [-0.15, -0.1) is 0 Å². The second-order valence-electron chi connectivity index (χ2n) is 6.70. The Balaban J connectivity index is 1.40. The van der Waals surface area contributed by atoms with E-state index < -0.39 is 0 Å². The number of aromatic nitrogens is 2. The van der Waals surface area contributed by atoms with E-state index in [1.54, 1.807) is 25.6 Å². The standard InChI is InChI=1S/C21H20N4O2/c1-13-9-14(10-15-5-4-8-22-20(13)15)12-23-25-21(26)17-11-16(17)18-6-3-7-19(24-18)27-2/h3-10,12,16-17H,11H2,1-2H3,(H,25,26)/b23-12+. The van der Waals surface area contributed by atoms with Crippen molar-refractivity contribution >= 4 is 23.0 Å². The molecule has 2 heterocycles. The summed E-state index contributed by atoms with van der Waals surface area (Å²) in [5, 5.41) is 5.17. The maximum Gasteiger partial charge on any atom is 0.243 e. The van der Waals surface area contributed by atoms with E-state index in [9.17, 15) is 4.79 Å². The maximum atomic E-state index is 12.3. The smallest absolute Gasteiger partial charge is 0.243 e. The van der Waals surface area contributed by atoms with E-state index in [0.29, 0.717) is 5.88 Å². The number of carbonyl (C=O) groups is 1. The molecule has 0 radical (unpaired) electrons. The minimum atomic E-state index is -0.0932. The molecule has 0 aliphatic heterocycles. The average Bonchev–Trinajstić information content (AvgIpc) is 3.49. The Hall–Kier alpha value is -3.28. The first-order chi connectivity index (χ1) is 13.2. The van der Waals surface area contributed by atoms with Gasteiger partial charge in [0.25, 0.3) is 0 Å². The summed E-state index contributed by atoms with van der Waals surface area (Å²) in [6.45, 7) is 2.02. The number of aryl methyl sites for hydroxylation is 1. The molecule has 3 aromatic rings. The lowest BCUT2D eigenvalue weighted by Gasteiger charge is -2.04. The molecule has 136 valence electrons. The first kappa shape index (κ1) is 17.1. The molecule has 2 unspecified atom stereocenters. The third kappa shape index (κ3) is 3.65. The summed E-state index contributed by atoms with van der Waals surface area (Å²) in [5.74, 6) is 0.520. The van der Waals surface area contributed by atoms with Crippen LogP contribution >= 0.6 is 0 Å². The average molecular weight is 360 g/mol. The quantitative estimate of drug-likeness (QED) is 0.560. The molecule has 2 aromatic heterocycles. The summed E-state index contributed by atoms with van der Waals surface area (Å²) in [6, 6.07) is 13.5. The summed E-state index contributed by atoms with van der Waals surface area (Å²) < 4.78 is 5.14. The number of amides is 1. The van der Waals surface area contributed by atoms with Gasteiger partial charge in [-0.2, -0.15) is 5.10 Å². The largest absolute Gasteiger partial charge is 0.481 e. The van der Waals surface area contributed by atoms with Crippen molar-refractivity contribution in [3.05, 3.63) is 65.5 Å². The SMILES string of the molecule is COc1cccc(C2CC2C(=O)N/N=C/c2cc(C)c3ncccc3c2)n1. The number of nitrogens with zero attached hydrogens (tertiary/aromatic N) is 3. The van der Waals surface area contributed by atoms with Gasteiger partial charge in [0.15, 0.2) is 0 Å². The van der Waals surface area contributed by atoms with Gasteiger partial charge in [-0.25, -0.2) is 10.4 Å². The van der Waals surface area contributed by atoms with Gasteiger partial charge in [0.1, 0.15) is 0 Å². The molecule has 1 aromatic carbocycles. The number of hydrazone groups is 1. The number of benzene rings is 1. The van der Waals surface area contributed by atoms with E-state index in [-0.39, 0.29) is 17.7 Å². The normalized spacial score (nSPS) is 18.6. The highest BCUT2D eigenvalue weighted by molar-refractivity contribution is 5.91. The van der Waals surface area contributed by atoms with E-state index >= 15 is 0 Å². The minimum absolute atomic E-state index is 0.0833. The lowest BCUT2D eigenvalue weighted by atomic mass is 10.1. The Labute approximate surface area is 157 Å². The lowest BCUT2D eigenvalue weighted by Crippen LogP contribution is -2.20. The molecular formula is C21H20N4O2. The molecule has 6 nitrogen and oxygen atoms in total. The number of pyridine rings is 2. The first-order valence-corrected chi connectivity index (χ1v) is 8.85. The molecule has 1 aliphatic rings. The summed E-state index contributed by atoms with van der Waals surface area (Å²) in [5.41, 5.74) is 6.51. The maximum absolute atomic E-state index is 12.3. The predicted molar refractivity (Wildman–Crippen MR) is 104 cm³/mol. The van der Waals surface area contributed by atoms with Gasteiger partial charge in [0.05, 0.1) is 18.8 Å². The van der Waals surface area contributed by atoms with Crippen molar-refractivity contribution in [3.63, 3.8) is 0 Å². The second-order valence-corrected chi connectivity index (χ2v) is 6.70. The van der Waals surface area contributed by atoms with Gasteiger partial charge < -0.3 is 4.74 Å². The van der Waals surface area contributed by atoms with Gasteiger partial charge in [-0.1, -0.05) is 12.1 Å². The molecule has 1 fully saturated rings. The number of methoxy groups -OCH3 is 1. The molecule has 0 saturated heterocycles. The van der Waals surface area contributed by atoms with Gasteiger partial charge in [0.2, 0.25) is 11.8 Å². The topological polar surface area (TPSA) is 76.5 Å². The fourth-order valence-corrected chi connectivity index (χ4v) is 3.29.